The molecule has 1 aromatic rings. The van der Waals surface area contributed by atoms with Gasteiger partial charge in [-0.3, -0.25) is 0 Å². The summed E-state index contributed by atoms with van der Waals surface area (Å²) < 4.78 is 0. The summed E-state index contributed by atoms with van der Waals surface area (Å²) >= 11 is 0. The van der Waals surface area contributed by atoms with Crippen molar-refractivity contribution in [3.05, 3.63) is 22.8 Å². The standard InChI is InChI=1S/C12H16O3/c1-7(4-5-13)10-6-8(2)9(3)11(14)12(10)15/h5-7,14-15H,4H2,1-3H3. The summed E-state index contributed by atoms with van der Waals surface area (Å²) in [6.07, 6.45) is 1.16. The fourth-order valence-electron chi connectivity index (χ4n) is 1.56. The highest BCUT2D eigenvalue weighted by molar-refractivity contribution is 5.57. The van der Waals surface area contributed by atoms with Crippen LogP contribution in [0.4, 0.5) is 0 Å². The zero-order valence-corrected chi connectivity index (χ0v) is 9.24. The van der Waals surface area contributed by atoms with Crippen LogP contribution in [-0.2, 0) is 4.79 Å². The van der Waals surface area contributed by atoms with Crippen molar-refractivity contribution >= 4 is 6.29 Å². The van der Waals surface area contributed by atoms with E-state index in [2.05, 4.69) is 0 Å². The van der Waals surface area contributed by atoms with Gasteiger partial charge in [-0.25, -0.2) is 0 Å². The molecule has 0 saturated heterocycles. The molecule has 3 nitrogen and oxygen atoms in total. The molecule has 2 N–H and O–H groups in total. The molecule has 0 aliphatic heterocycles. The Bertz CT molecular complexity index is 383. The van der Waals surface area contributed by atoms with Crippen molar-refractivity contribution in [2.45, 2.75) is 33.1 Å². The van der Waals surface area contributed by atoms with Gasteiger partial charge in [-0.2, -0.15) is 0 Å². The molecule has 0 fully saturated rings. The van der Waals surface area contributed by atoms with E-state index in [0.717, 1.165) is 11.8 Å². The molecular weight excluding hydrogens is 192 g/mol. The number of carbonyl (C=O) groups excluding carboxylic acids is 1. The van der Waals surface area contributed by atoms with E-state index in [9.17, 15) is 15.0 Å². The summed E-state index contributed by atoms with van der Waals surface area (Å²) in [5, 5.41) is 19.4. The van der Waals surface area contributed by atoms with Gasteiger partial charge < -0.3 is 15.0 Å². The van der Waals surface area contributed by atoms with Crippen LogP contribution in [0.5, 0.6) is 11.5 Å². The maximum Gasteiger partial charge on any atom is 0.161 e. The SMILES string of the molecule is Cc1cc(C(C)CC=O)c(O)c(O)c1C. The first-order valence-corrected chi connectivity index (χ1v) is 4.94. The van der Waals surface area contributed by atoms with E-state index in [1.54, 1.807) is 6.92 Å². The number of aromatic hydroxyl groups is 2. The molecule has 0 aliphatic carbocycles. The molecule has 1 unspecified atom stereocenters. The Labute approximate surface area is 89.4 Å². The van der Waals surface area contributed by atoms with E-state index in [1.807, 2.05) is 19.9 Å². The lowest BCUT2D eigenvalue weighted by molar-refractivity contribution is -0.108. The minimum absolute atomic E-state index is 0.0762. The van der Waals surface area contributed by atoms with Crippen molar-refractivity contribution in [1.29, 1.82) is 0 Å². The van der Waals surface area contributed by atoms with Crippen LogP contribution in [0.3, 0.4) is 0 Å². The smallest absolute Gasteiger partial charge is 0.161 e. The van der Waals surface area contributed by atoms with E-state index in [1.165, 1.54) is 0 Å². The Morgan fingerprint density at radius 1 is 1.33 bits per heavy atom. The van der Waals surface area contributed by atoms with E-state index >= 15 is 0 Å². The molecule has 0 spiro atoms. The van der Waals surface area contributed by atoms with Gasteiger partial charge in [-0.1, -0.05) is 13.0 Å². The summed E-state index contributed by atoms with van der Waals surface area (Å²) in [5.74, 6) is -0.261. The highest BCUT2D eigenvalue weighted by atomic mass is 16.3. The number of carbonyl (C=O) groups is 1. The van der Waals surface area contributed by atoms with Crippen LogP contribution in [0, 0.1) is 13.8 Å². The van der Waals surface area contributed by atoms with Gasteiger partial charge in [0.15, 0.2) is 11.5 Å². The molecule has 15 heavy (non-hydrogen) atoms. The van der Waals surface area contributed by atoms with Crippen molar-refractivity contribution in [2.24, 2.45) is 0 Å². The Balaban J connectivity index is 3.25. The highest BCUT2D eigenvalue weighted by Crippen LogP contribution is 2.38. The summed E-state index contributed by atoms with van der Waals surface area (Å²) in [4.78, 5) is 10.4. The number of aldehydes is 1. The molecule has 0 amide bonds. The molecule has 0 radical (unpaired) electrons. The largest absolute Gasteiger partial charge is 0.504 e. The number of rotatable bonds is 3. The van der Waals surface area contributed by atoms with Gasteiger partial charge in [-0.05, 0) is 30.9 Å². The van der Waals surface area contributed by atoms with Gasteiger partial charge >= 0.3 is 0 Å². The molecular formula is C12H16O3. The maximum absolute atomic E-state index is 10.4. The average Bonchev–Trinajstić information content (AvgIpc) is 2.20. The third kappa shape index (κ3) is 2.12. The lowest BCUT2D eigenvalue weighted by Crippen LogP contribution is -1.97. The predicted octanol–water partition coefficient (Wildman–Crippen LogP) is 2.41. The van der Waals surface area contributed by atoms with Crippen LogP contribution in [0.2, 0.25) is 0 Å². The van der Waals surface area contributed by atoms with Crippen LogP contribution in [0.25, 0.3) is 0 Å². The normalized spacial score (nSPS) is 12.5. The number of phenolic OH excluding ortho intramolecular Hbond substituents is 2. The monoisotopic (exact) mass is 208 g/mol. The molecule has 0 heterocycles. The lowest BCUT2D eigenvalue weighted by Gasteiger charge is -2.15. The highest BCUT2D eigenvalue weighted by Gasteiger charge is 2.16. The maximum atomic E-state index is 10.4. The summed E-state index contributed by atoms with van der Waals surface area (Å²) in [5.41, 5.74) is 2.22. The van der Waals surface area contributed by atoms with Gasteiger partial charge in [0.2, 0.25) is 0 Å². The van der Waals surface area contributed by atoms with Gasteiger partial charge in [0.05, 0.1) is 0 Å². The summed E-state index contributed by atoms with van der Waals surface area (Å²) in [6, 6.07) is 1.82. The van der Waals surface area contributed by atoms with E-state index in [-0.39, 0.29) is 17.4 Å². The minimum Gasteiger partial charge on any atom is -0.504 e. The molecule has 1 rings (SSSR count). The lowest BCUT2D eigenvalue weighted by atomic mass is 9.93. The Hall–Kier alpha value is -1.51. The number of phenols is 2. The van der Waals surface area contributed by atoms with Crippen LogP contribution in [0.1, 0.15) is 36.0 Å². The molecule has 0 aliphatic rings. The predicted molar refractivity (Wildman–Crippen MR) is 58.3 cm³/mol. The molecule has 3 heteroatoms. The third-order valence-corrected chi connectivity index (χ3v) is 2.80. The summed E-state index contributed by atoms with van der Waals surface area (Å²) in [6.45, 7) is 5.46. The minimum atomic E-state index is -0.104. The van der Waals surface area contributed by atoms with Gasteiger partial charge in [0, 0.05) is 12.0 Å². The van der Waals surface area contributed by atoms with Crippen molar-refractivity contribution in [1.82, 2.24) is 0 Å². The number of benzene rings is 1. The third-order valence-electron chi connectivity index (χ3n) is 2.80. The summed E-state index contributed by atoms with van der Waals surface area (Å²) in [7, 11) is 0. The van der Waals surface area contributed by atoms with E-state index < -0.39 is 0 Å². The number of hydrogen-bond donors (Lipinski definition) is 2. The van der Waals surface area contributed by atoms with Gasteiger partial charge in [0.1, 0.15) is 6.29 Å². The molecule has 1 aromatic carbocycles. The van der Waals surface area contributed by atoms with Crippen molar-refractivity contribution in [3.63, 3.8) is 0 Å². The fourth-order valence-corrected chi connectivity index (χ4v) is 1.56. The molecule has 1 atom stereocenters. The van der Waals surface area contributed by atoms with Crippen molar-refractivity contribution in [2.75, 3.05) is 0 Å². The van der Waals surface area contributed by atoms with Crippen LogP contribution < -0.4 is 0 Å². The first kappa shape index (κ1) is 11.6. The average molecular weight is 208 g/mol. The van der Waals surface area contributed by atoms with Gasteiger partial charge in [0.25, 0.3) is 0 Å². The van der Waals surface area contributed by atoms with Crippen LogP contribution in [-0.4, -0.2) is 16.5 Å². The Morgan fingerprint density at radius 3 is 2.47 bits per heavy atom. The zero-order valence-electron chi connectivity index (χ0n) is 9.24. The second-order valence-corrected chi connectivity index (χ2v) is 3.91. The van der Waals surface area contributed by atoms with Crippen LogP contribution in [0.15, 0.2) is 6.07 Å². The second-order valence-electron chi connectivity index (χ2n) is 3.91. The first-order valence-electron chi connectivity index (χ1n) is 4.94. The number of hydrogen-bond acceptors (Lipinski definition) is 3. The fraction of sp³-hybridized carbons (Fsp3) is 0.417. The molecule has 0 bridgehead atoms. The Kier molecular flexibility index (Phi) is 3.35. The van der Waals surface area contributed by atoms with Crippen molar-refractivity contribution in [3.8, 4) is 11.5 Å². The second kappa shape index (κ2) is 4.34. The topological polar surface area (TPSA) is 57.5 Å². The van der Waals surface area contributed by atoms with E-state index in [4.69, 9.17) is 0 Å². The molecule has 82 valence electrons. The van der Waals surface area contributed by atoms with Crippen LogP contribution >= 0.6 is 0 Å². The quantitative estimate of drug-likeness (QED) is 0.592. The zero-order chi connectivity index (χ0) is 11.6. The molecule has 0 saturated carbocycles. The first-order chi connectivity index (χ1) is 6.99. The van der Waals surface area contributed by atoms with Crippen molar-refractivity contribution < 1.29 is 15.0 Å². The number of aryl methyl sites for hydroxylation is 1. The van der Waals surface area contributed by atoms with E-state index in [0.29, 0.717) is 17.5 Å². The van der Waals surface area contributed by atoms with Gasteiger partial charge in [-0.15, -0.1) is 0 Å². The molecule has 0 aromatic heterocycles. The Morgan fingerprint density at radius 2 is 1.93 bits per heavy atom.